The van der Waals surface area contributed by atoms with Gasteiger partial charge in [0.15, 0.2) is 5.78 Å². The molecule has 0 aliphatic rings. The van der Waals surface area contributed by atoms with E-state index < -0.39 is 0 Å². The van der Waals surface area contributed by atoms with E-state index in [1.54, 1.807) is 18.2 Å². The zero-order valence-electron chi connectivity index (χ0n) is 8.61. The number of benzene rings is 1. The molecule has 0 saturated heterocycles. The van der Waals surface area contributed by atoms with Crippen molar-refractivity contribution in [2.24, 2.45) is 0 Å². The third-order valence-corrected chi connectivity index (χ3v) is 1.91. The first-order valence-electron chi connectivity index (χ1n) is 4.34. The average molecular weight is 205 g/mol. The number of nitriles is 1. The topological polar surface area (TPSA) is 59.3 Å². The predicted octanol–water partition coefficient (Wildman–Crippen LogP) is 1.80. The molecule has 1 aromatic carbocycles. The van der Waals surface area contributed by atoms with E-state index in [0.717, 1.165) is 0 Å². The van der Waals surface area contributed by atoms with Crippen molar-refractivity contribution in [2.45, 2.75) is 6.42 Å². The Labute approximate surface area is 88.0 Å². The zero-order chi connectivity index (χ0) is 11.3. The van der Waals surface area contributed by atoms with Crippen LogP contribution in [0.5, 0.6) is 11.5 Å². The van der Waals surface area contributed by atoms with E-state index in [4.69, 9.17) is 14.7 Å². The van der Waals surface area contributed by atoms with Gasteiger partial charge < -0.3 is 9.47 Å². The monoisotopic (exact) mass is 205 g/mol. The molecule has 0 N–H and O–H groups in total. The minimum Gasteiger partial charge on any atom is -0.497 e. The number of methoxy groups -OCH3 is 2. The van der Waals surface area contributed by atoms with Gasteiger partial charge in [-0.15, -0.1) is 0 Å². The largest absolute Gasteiger partial charge is 0.497 e. The van der Waals surface area contributed by atoms with Crippen LogP contribution in [0.1, 0.15) is 16.8 Å². The van der Waals surface area contributed by atoms with Gasteiger partial charge in [0.1, 0.15) is 11.5 Å². The van der Waals surface area contributed by atoms with E-state index in [2.05, 4.69) is 0 Å². The van der Waals surface area contributed by atoms with Gasteiger partial charge in [-0.2, -0.15) is 5.26 Å². The second-order valence-corrected chi connectivity index (χ2v) is 2.86. The lowest BCUT2D eigenvalue weighted by molar-refractivity contribution is 0.0997. The highest BCUT2D eigenvalue weighted by atomic mass is 16.5. The van der Waals surface area contributed by atoms with Gasteiger partial charge in [-0.05, 0) is 12.1 Å². The molecule has 0 unspecified atom stereocenters. The van der Waals surface area contributed by atoms with Gasteiger partial charge in [-0.1, -0.05) is 0 Å². The molecule has 4 nitrogen and oxygen atoms in total. The molecule has 0 fully saturated rings. The van der Waals surface area contributed by atoms with Gasteiger partial charge in [-0.25, -0.2) is 0 Å². The Morgan fingerprint density at radius 3 is 2.20 bits per heavy atom. The Hall–Kier alpha value is -2.02. The number of ketones is 1. The molecule has 0 aliphatic heterocycles. The maximum Gasteiger partial charge on any atom is 0.177 e. The third kappa shape index (κ3) is 2.71. The van der Waals surface area contributed by atoms with Gasteiger partial charge in [0.05, 0.1) is 26.7 Å². The first-order valence-corrected chi connectivity index (χ1v) is 4.34. The summed E-state index contributed by atoms with van der Waals surface area (Å²) in [6.07, 6.45) is -0.143. The molecular weight excluding hydrogens is 194 g/mol. The molecule has 0 heterocycles. The fraction of sp³-hybridized carbons (Fsp3) is 0.273. The number of hydrogen-bond donors (Lipinski definition) is 0. The molecule has 1 aromatic rings. The number of ether oxygens (including phenoxy) is 2. The number of nitrogens with zero attached hydrogens (tertiary/aromatic N) is 1. The van der Waals surface area contributed by atoms with Crippen LogP contribution in [-0.4, -0.2) is 20.0 Å². The maximum absolute atomic E-state index is 11.4. The Kier molecular flexibility index (Phi) is 3.69. The normalized spacial score (nSPS) is 9.13. The van der Waals surface area contributed by atoms with E-state index in [0.29, 0.717) is 17.1 Å². The highest BCUT2D eigenvalue weighted by molar-refractivity contribution is 5.98. The molecule has 0 radical (unpaired) electrons. The summed E-state index contributed by atoms with van der Waals surface area (Å²) in [5.74, 6) is 0.834. The lowest BCUT2D eigenvalue weighted by Crippen LogP contribution is -1.99. The van der Waals surface area contributed by atoms with E-state index in [1.807, 2.05) is 6.07 Å². The van der Waals surface area contributed by atoms with Crippen molar-refractivity contribution in [3.05, 3.63) is 23.8 Å². The summed E-state index contributed by atoms with van der Waals surface area (Å²) in [7, 11) is 3.01. The molecule has 0 amide bonds. The van der Waals surface area contributed by atoms with Crippen molar-refractivity contribution in [3.8, 4) is 17.6 Å². The highest BCUT2D eigenvalue weighted by Crippen LogP contribution is 2.23. The van der Waals surface area contributed by atoms with Crippen molar-refractivity contribution < 1.29 is 14.3 Å². The van der Waals surface area contributed by atoms with Crippen LogP contribution in [0.4, 0.5) is 0 Å². The minimum absolute atomic E-state index is 0.143. The number of Topliss-reactive ketones (excluding diaryl/α,β-unsaturated/α-hetero) is 1. The van der Waals surface area contributed by atoms with E-state index in [-0.39, 0.29) is 12.2 Å². The van der Waals surface area contributed by atoms with Crippen LogP contribution in [0.25, 0.3) is 0 Å². The fourth-order valence-electron chi connectivity index (χ4n) is 1.14. The number of rotatable bonds is 4. The minimum atomic E-state index is -0.241. The summed E-state index contributed by atoms with van der Waals surface area (Å²) in [5.41, 5.74) is 0.424. The van der Waals surface area contributed by atoms with Gasteiger partial charge in [0.25, 0.3) is 0 Å². The van der Waals surface area contributed by atoms with Crippen molar-refractivity contribution in [1.82, 2.24) is 0 Å². The Morgan fingerprint density at radius 2 is 1.80 bits per heavy atom. The SMILES string of the molecule is COc1cc(OC)cc(C(=O)CC#N)c1. The molecule has 15 heavy (non-hydrogen) atoms. The molecule has 0 saturated carbocycles. The summed E-state index contributed by atoms with van der Waals surface area (Å²) in [4.78, 5) is 11.4. The molecule has 78 valence electrons. The van der Waals surface area contributed by atoms with Gasteiger partial charge in [0.2, 0.25) is 0 Å². The summed E-state index contributed by atoms with van der Waals surface area (Å²) in [6, 6.07) is 6.65. The first-order chi connectivity index (χ1) is 7.21. The molecule has 0 aromatic heterocycles. The maximum atomic E-state index is 11.4. The first kappa shape index (κ1) is 11.1. The fourth-order valence-corrected chi connectivity index (χ4v) is 1.14. The van der Waals surface area contributed by atoms with Crippen LogP contribution < -0.4 is 9.47 Å². The lowest BCUT2D eigenvalue weighted by Gasteiger charge is -2.06. The molecule has 0 spiro atoms. The summed E-state index contributed by atoms with van der Waals surface area (Å²) in [6.45, 7) is 0. The van der Waals surface area contributed by atoms with Gasteiger partial charge in [0, 0.05) is 11.6 Å². The lowest BCUT2D eigenvalue weighted by atomic mass is 10.1. The van der Waals surface area contributed by atoms with Crippen molar-refractivity contribution >= 4 is 5.78 Å². The molecule has 0 aliphatic carbocycles. The van der Waals surface area contributed by atoms with E-state index >= 15 is 0 Å². The molecular formula is C11H11NO3. The van der Waals surface area contributed by atoms with Crippen LogP contribution in [0.2, 0.25) is 0 Å². The van der Waals surface area contributed by atoms with Crippen LogP contribution in [0.3, 0.4) is 0 Å². The van der Waals surface area contributed by atoms with E-state index in [1.165, 1.54) is 14.2 Å². The second-order valence-electron chi connectivity index (χ2n) is 2.86. The van der Waals surface area contributed by atoms with Crippen LogP contribution in [0, 0.1) is 11.3 Å². The smallest absolute Gasteiger partial charge is 0.177 e. The zero-order valence-corrected chi connectivity index (χ0v) is 8.61. The predicted molar refractivity (Wildman–Crippen MR) is 54.1 cm³/mol. The average Bonchev–Trinajstić information content (AvgIpc) is 2.28. The standard InChI is InChI=1S/C11H11NO3/c1-14-9-5-8(11(13)3-4-12)6-10(7-9)15-2/h5-7H,3H2,1-2H3. The molecule has 4 heteroatoms. The van der Waals surface area contributed by atoms with E-state index in [9.17, 15) is 4.79 Å². The number of hydrogen-bond acceptors (Lipinski definition) is 4. The van der Waals surface area contributed by atoms with Crippen LogP contribution in [0.15, 0.2) is 18.2 Å². The summed E-state index contributed by atoms with van der Waals surface area (Å²) in [5, 5.41) is 8.42. The highest BCUT2D eigenvalue weighted by Gasteiger charge is 2.08. The molecule has 0 atom stereocenters. The second kappa shape index (κ2) is 5.01. The van der Waals surface area contributed by atoms with Gasteiger partial charge in [-0.3, -0.25) is 4.79 Å². The summed E-state index contributed by atoms with van der Waals surface area (Å²) < 4.78 is 10.0. The van der Waals surface area contributed by atoms with Gasteiger partial charge >= 0.3 is 0 Å². The number of carbonyl (C=O) groups is 1. The quantitative estimate of drug-likeness (QED) is 0.703. The Bertz CT molecular complexity index is 385. The van der Waals surface area contributed by atoms with Crippen molar-refractivity contribution in [3.63, 3.8) is 0 Å². The van der Waals surface area contributed by atoms with Crippen LogP contribution in [-0.2, 0) is 0 Å². The third-order valence-electron chi connectivity index (χ3n) is 1.91. The van der Waals surface area contributed by atoms with Crippen molar-refractivity contribution in [2.75, 3.05) is 14.2 Å². The summed E-state index contributed by atoms with van der Waals surface area (Å²) >= 11 is 0. The molecule has 0 bridgehead atoms. The Morgan fingerprint density at radius 1 is 1.27 bits per heavy atom. The van der Waals surface area contributed by atoms with Crippen molar-refractivity contribution in [1.29, 1.82) is 5.26 Å². The Balaban J connectivity index is 3.07. The number of carbonyl (C=O) groups excluding carboxylic acids is 1. The van der Waals surface area contributed by atoms with Crippen LogP contribution >= 0.6 is 0 Å². The molecule has 1 rings (SSSR count).